The van der Waals surface area contributed by atoms with Crippen LogP contribution in [-0.2, 0) is 14.6 Å². The zero-order chi connectivity index (χ0) is 30.6. The number of hydrogen-bond acceptors (Lipinski definition) is 10. The predicted octanol–water partition coefficient (Wildman–Crippen LogP) is 5.79. The number of ether oxygens (including phenoxy) is 4. The maximum atomic E-state index is 13.9. The highest BCUT2D eigenvalue weighted by molar-refractivity contribution is 7.91. The fraction of sp³-hybridized carbons (Fsp3) is 0.129. The smallest absolute Gasteiger partial charge is 0.272 e. The summed E-state index contributed by atoms with van der Waals surface area (Å²) in [5.41, 5.74) is 1.09. The number of benzene rings is 4. The van der Waals surface area contributed by atoms with Gasteiger partial charge in [-0.2, -0.15) is 5.26 Å². The summed E-state index contributed by atoms with van der Waals surface area (Å²) in [4.78, 5) is 18.3. The molecule has 1 amide bonds. The van der Waals surface area contributed by atoms with Crippen LogP contribution in [0.15, 0.2) is 94.7 Å². The van der Waals surface area contributed by atoms with Crippen molar-refractivity contribution in [2.45, 2.75) is 15.9 Å². The Morgan fingerprint density at radius 1 is 0.884 bits per heavy atom. The minimum atomic E-state index is -4.08. The largest absolute Gasteiger partial charge is 0.497 e. The highest BCUT2D eigenvalue weighted by atomic mass is 32.2. The van der Waals surface area contributed by atoms with Crippen molar-refractivity contribution in [2.75, 3.05) is 26.6 Å². The molecule has 5 rings (SSSR count). The summed E-state index contributed by atoms with van der Waals surface area (Å²) >= 11 is 1.21. The second kappa shape index (κ2) is 12.4. The summed E-state index contributed by atoms with van der Waals surface area (Å²) < 4.78 is 50.4. The highest BCUT2D eigenvalue weighted by Gasteiger charge is 2.31. The number of sulfone groups is 1. The number of nitrogens with zero attached hydrogens (tertiary/aromatic N) is 2. The van der Waals surface area contributed by atoms with Crippen molar-refractivity contribution in [1.29, 1.82) is 5.26 Å². The molecule has 0 saturated heterocycles. The van der Waals surface area contributed by atoms with Gasteiger partial charge in [-0.05, 0) is 54.6 Å². The van der Waals surface area contributed by atoms with Gasteiger partial charge in [0.05, 0.1) is 53.0 Å². The summed E-state index contributed by atoms with van der Waals surface area (Å²) in [6.45, 7) is 0. The van der Waals surface area contributed by atoms with Crippen molar-refractivity contribution in [3.05, 3.63) is 96.1 Å². The number of carbonyl (C=O) groups excluding carboxylic acids is 1. The van der Waals surface area contributed by atoms with Gasteiger partial charge in [0.15, 0.2) is 16.6 Å². The first-order valence-electron chi connectivity index (χ1n) is 12.8. The van der Waals surface area contributed by atoms with Crippen molar-refractivity contribution >= 4 is 42.4 Å². The Morgan fingerprint density at radius 3 is 2.19 bits per heavy atom. The van der Waals surface area contributed by atoms with Crippen molar-refractivity contribution in [2.24, 2.45) is 0 Å². The van der Waals surface area contributed by atoms with Crippen LogP contribution in [0.3, 0.4) is 0 Å². The number of hydrogen-bond donors (Lipinski definition) is 1. The van der Waals surface area contributed by atoms with E-state index in [2.05, 4.69) is 10.3 Å². The van der Waals surface area contributed by atoms with Gasteiger partial charge in [-0.25, -0.2) is 13.4 Å². The molecule has 4 aromatic carbocycles. The second-order valence-electron chi connectivity index (χ2n) is 9.03. The fourth-order valence-corrected chi connectivity index (χ4v) is 6.68. The Morgan fingerprint density at radius 2 is 1.53 bits per heavy atom. The molecule has 0 aliphatic carbocycles. The van der Waals surface area contributed by atoms with Gasteiger partial charge in [-0.1, -0.05) is 29.5 Å². The molecule has 0 bridgehead atoms. The zero-order valence-corrected chi connectivity index (χ0v) is 24.9. The SMILES string of the molecule is COc1ccc(S(=O)(=O)c2ccccc2C(Oc2ccc(C#N)cc2)C(=O)Nc2nc3cc(OC)c(OC)cc3s2)cc1. The van der Waals surface area contributed by atoms with Crippen LogP contribution in [0.1, 0.15) is 17.2 Å². The van der Waals surface area contributed by atoms with Crippen LogP contribution in [0.25, 0.3) is 10.2 Å². The maximum absolute atomic E-state index is 13.9. The van der Waals surface area contributed by atoms with Crippen LogP contribution in [0.5, 0.6) is 23.0 Å². The number of anilines is 1. The van der Waals surface area contributed by atoms with Crippen molar-refractivity contribution in [3.8, 4) is 29.1 Å². The van der Waals surface area contributed by atoms with E-state index in [1.165, 1.54) is 69.1 Å². The molecule has 5 aromatic rings. The normalized spacial score (nSPS) is 11.8. The van der Waals surface area contributed by atoms with Gasteiger partial charge in [0.1, 0.15) is 11.5 Å². The Kier molecular flexibility index (Phi) is 8.47. The van der Waals surface area contributed by atoms with Crippen LogP contribution in [0.4, 0.5) is 5.13 Å². The molecule has 0 aliphatic rings. The number of carbonyl (C=O) groups is 1. The predicted molar refractivity (Wildman–Crippen MR) is 161 cm³/mol. The quantitative estimate of drug-likeness (QED) is 0.207. The lowest BCUT2D eigenvalue weighted by molar-refractivity contribution is -0.123. The number of thiazole rings is 1. The molecule has 1 N–H and O–H groups in total. The summed E-state index contributed by atoms with van der Waals surface area (Å²) in [7, 11) is 0.442. The Balaban J connectivity index is 1.56. The third-order valence-corrected chi connectivity index (χ3v) is 9.24. The molecule has 0 saturated carbocycles. The van der Waals surface area contributed by atoms with E-state index in [9.17, 15) is 18.5 Å². The van der Waals surface area contributed by atoms with Gasteiger partial charge in [0.2, 0.25) is 15.9 Å². The minimum absolute atomic E-state index is 0.0207. The van der Waals surface area contributed by atoms with Gasteiger partial charge >= 0.3 is 0 Å². The molecule has 10 nitrogen and oxygen atoms in total. The lowest BCUT2D eigenvalue weighted by Gasteiger charge is -2.21. The van der Waals surface area contributed by atoms with E-state index >= 15 is 0 Å². The molecule has 1 unspecified atom stereocenters. The molecular formula is C31H25N3O7S2. The fourth-order valence-electron chi connectivity index (χ4n) is 4.31. The summed E-state index contributed by atoms with van der Waals surface area (Å²) in [6, 6.07) is 23.7. The highest BCUT2D eigenvalue weighted by Crippen LogP contribution is 2.37. The maximum Gasteiger partial charge on any atom is 0.272 e. The minimum Gasteiger partial charge on any atom is -0.497 e. The van der Waals surface area contributed by atoms with E-state index in [4.69, 9.17) is 18.9 Å². The second-order valence-corrected chi connectivity index (χ2v) is 12.0. The average Bonchev–Trinajstić information content (AvgIpc) is 3.44. The molecular weight excluding hydrogens is 590 g/mol. The third kappa shape index (κ3) is 6.08. The lowest BCUT2D eigenvalue weighted by Crippen LogP contribution is -2.27. The molecule has 1 aromatic heterocycles. The topological polar surface area (TPSA) is 137 Å². The van der Waals surface area contributed by atoms with E-state index in [0.29, 0.717) is 28.3 Å². The van der Waals surface area contributed by atoms with Gasteiger partial charge < -0.3 is 18.9 Å². The first kappa shape index (κ1) is 29.4. The first-order valence-corrected chi connectivity index (χ1v) is 15.1. The standard InChI is InChI=1S/C31H25N3O7S2/c1-38-20-12-14-22(15-13-20)43(36,37)28-7-5-4-6-23(28)29(41-21-10-8-19(18-32)9-11-21)30(35)34-31-33-24-16-25(39-2)26(40-3)17-27(24)42-31/h4-17,29H,1-3H3,(H,33,34,35). The van der Waals surface area contributed by atoms with Crippen LogP contribution in [-0.4, -0.2) is 40.6 Å². The van der Waals surface area contributed by atoms with Crippen molar-refractivity contribution < 1.29 is 32.2 Å². The molecule has 0 radical (unpaired) electrons. The van der Waals surface area contributed by atoms with Gasteiger partial charge in [-0.3, -0.25) is 10.1 Å². The molecule has 0 spiro atoms. The monoisotopic (exact) mass is 615 g/mol. The molecule has 1 heterocycles. The van der Waals surface area contributed by atoms with Gasteiger partial charge in [-0.15, -0.1) is 0 Å². The number of aromatic nitrogens is 1. The van der Waals surface area contributed by atoms with E-state index in [-0.39, 0.29) is 26.2 Å². The number of fused-ring (bicyclic) bond motifs is 1. The number of nitriles is 1. The van der Waals surface area contributed by atoms with Gasteiger partial charge in [0.25, 0.3) is 5.91 Å². The molecule has 0 aliphatic heterocycles. The van der Waals surface area contributed by atoms with E-state index in [1.807, 2.05) is 6.07 Å². The zero-order valence-electron chi connectivity index (χ0n) is 23.2. The summed E-state index contributed by atoms with van der Waals surface area (Å²) in [5, 5.41) is 12.2. The molecule has 218 valence electrons. The average molecular weight is 616 g/mol. The van der Waals surface area contributed by atoms with Crippen LogP contribution in [0, 0.1) is 11.3 Å². The summed E-state index contributed by atoms with van der Waals surface area (Å²) in [6.07, 6.45) is -1.41. The first-order chi connectivity index (χ1) is 20.8. The molecule has 0 fully saturated rings. The van der Waals surface area contributed by atoms with Crippen molar-refractivity contribution in [1.82, 2.24) is 4.98 Å². The van der Waals surface area contributed by atoms with Gasteiger partial charge in [0, 0.05) is 17.7 Å². The van der Waals surface area contributed by atoms with E-state index in [0.717, 1.165) is 4.70 Å². The van der Waals surface area contributed by atoms with Crippen LogP contribution in [0.2, 0.25) is 0 Å². The van der Waals surface area contributed by atoms with E-state index < -0.39 is 21.8 Å². The Labute approximate surface area is 252 Å². The number of methoxy groups -OCH3 is 3. The molecule has 43 heavy (non-hydrogen) atoms. The van der Waals surface area contributed by atoms with Crippen LogP contribution >= 0.6 is 11.3 Å². The number of nitrogens with one attached hydrogen (secondary N) is 1. The van der Waals surface area contributed by atoms with Crippen LogP contribution < -0.4 is 24.3 Å². The Hall–Kier alpha value is -5.12. The summed E-state index contributed by atoms with van der Waals surface area (Å²) in [5.74, 6) is 1.10. The lowest BCUT2D eigenvalue weighted by atomic mass is 10.1. The van der Waals surface area contributed by atoms with E-state index in [1.54, 1.807) is 48.5 Å². The van der Waals surface area contributed by atoms with Crippen molar-refractivity contribution in [3.63, 3.8) is 0 Å². The molecule has 1 atom stereocenters. The number of amides is 1. The molecule has 12 heteroatoms. The third-order valence-electron chi connectivity index (χ3n) is 6.46. The Bertz CT molecular complexity index is 1890. The number of rotatable bonds is 10.